The molecule has 1 aliphatic heterocycles. The fraction of sp³-hybridized carbons (Fsp3) is 0.333. The first-order chi connectivity index (χ1) is 9.61. The van der Waals surface area contributed by atoms with Crippen LogP contribution in [0, 0.1) is 0 Å². The van der Waals surface area contributed by atoms with E-state index in [0.717, 1.165) is 0 Å². The molecule has 2 unspecified atom stereocenters. The van der Waals surface area contributed by atoms with Crippen molar-refractivity contribution in [2.24, 2.45) is 0 Å². The highest BCUT2D eigenvalue weighted by molar-refractivity contribution is 6.03. The zero-order valence-corrected chi connectivity index (χ0v) is 11.2. The molecule has 5 heteroatoms. The largest absolute Gasteiger partial charge is 0.459 e. The van der Waals surface area contributed by atoms with Crippen LogP contribution in [0.1, 0.15) is 27.6 Å². The van der Waals surface area contributed by atoms with E-state index in [1.54, 1.807) is 19.1 Å². The van der Waals surface area contributed by atoms with Crippen molar-refractivity contribution in [3.05, 3.63) is 48.0 Å². The van der Waals surface area contributed by atoms with Gasteiger partial charge in [-0.25, -0.2) is 9.59 Å². The van der Waals surface area contributed by atoms with Crippen molar-refractivity contribution < 1.29 is 23.8 Å². The summed E-state index contributed by atoms with van der Waals surface area (Å²) in [4.78, 5) is 23.9. The molecule has 106 valence electrons. The standard InChI is InChI=1S/C15H16O5/c1-3-10(2)20-15(17)13-7-5-4-6-12(13)14(16)19-9-11-8-18-11/h3-7,10-11H,1,8-9H2,2H3. The molecule has 0 bridgehead atoms. The summed E-state index contributed by atoms with van der Waals surface area (Å²) in [7, 11) is 0. The number of ether oxygens (including phenoxy) is 3. The number of carbonyl (C=O) groups excluding carboxylic acids is 2. The molecule has 0 N–H and O–H groups in total. The van der Waals surface area contributed by atoms with Crippen LogP contribution in [0.5, 0.6) is 0 Å². The van der Waals surface area contributed by atoms with Crippen molar-refractivity contribution in [3.8, 4) is 0 Å². The van der Waals surface area contributed by atoms with Crippen LogP contribution < -0.4 is 0 Å². The molecule has 0 saturated carbocycles. The second kappa shape index (κ2) is 6.34. The molecular formula is C15H16O5. The first kappa shape index (κ1) is 14.3. The summed E-state index contributed by atoms with van der Waals surface area (Å²) in [5, 5.41) is 0. The van der Waals surface area contributed by atoms with Crippen LogP contribution in [0.4, 0.5) is 0 Å². The van der Waals surface area contributed by atoms with Crippen LogP contribution >= 0.6 is 0 Å². The van der Waals surface area contributed by atoms with E-state index in [9.17, 15) is 9.59 Å². The van der Waals surface area contributed by atoms with Gasteiger partial charge in [-0.1, -0.05) is 24.8 Å². The van der Waals surface area contributed by atoms with E-state index in [2.05, 4.69) is 6.58 Å². The quantitative estimate of drug-likeness (QED) is 0.451. The van der Waals surface area contributed by atoms with Gasteiger partial charge >= 0.3 is 11.9 Å². The Balaban J connectivity index is 2.09. The van der Waals surface area contributed by atoms with E-state index in [4.69, 9.17) is 14.2 Å². The van der Waals surface area contributed by atoms with Gasteiger partial charge in [-0.3, -0.25) is 0 Å². The van der Waals surface area contributed by atoms with Gasteiger partial charge in [0.05, 0.1) is 17.7 Å². The highest BCUT2D eigenvalue weighted by Gasteiger charge is 2.26. The van der Waals surface area contributed by atoms with Gasteiger partial charge in [0, 0.05) is 0 Å². The van der Waals surface area contributed by atoms with E-state index in [1.807, 2.05) is 0 Å². The number of epoxide rings is 1. The highest BCUT2D eigenvalue weighted by Crippen LogP contribution is 2.15. The third-order valence-corrected chi connectivity index (χ3v) is 2.79. The van der Waals surface area contributed by atoms with Crippen molar-refractivity contribution in [3.63, 3.8) is 0 Å². The Bertz CT molecular complexity index is 519. The molecule has 0 aliphatic carbocycles. The third kappa shape index (κ3) is 3.68. The average molecular weight is 276 g/mol. The van der Waals surface area contributed by atoms with E-state index < -0.39 is 18.0 Å². The topological polar surface area (TPSA) is 65.1 Å². The number of carbonyl (C=O) groups is 2. The normalized spacial score (nSPS) is 17.9. The van der Waals surface area contributed by atoms with Gasteiger partial charge in [0.25, 0.3) is 0 Å². The Morgan fingerprint density at radius 2 is 2.00 bits per heavy atom. The molecule has 5 nitrogen and oxygen atoms in total. The smallest absolute Gasteiger partial charge is 0.339 e. The van der Waals surface area contributed by atoms with E-state index in [-0.39, 0.29) is 23.8 Å². The number of esters is 2. The summed E-state index contributed by atoms with van der Waals surface area (Å²) in [5.74, 6) is -1.13. The first-order valence-electron chi connectivity index (χ1n) is 6.33. The number of hydrogen-bond acceptors (Lipinski definition) is 5. The van der Waals surface area contributed by atoms with Crippen molar-refractivity contribution in [2.45, 2.75) is 19.1 Å². The maximum atomic E-state index is 12.0. The van der Waals surface area contributed by atoms with Crippen molar-refractivity contribution in [2.75, 3.05) is 13.2 Å². The Labute approximate surface area is 117 Å². The lowest BCUT2D eigenvalue weighted by Crippen LogP contribution is -2.18. The van der Waals surface area contributed by atoms with Crippen LogP contribution in [0.15, 0.2) is 36.9 Å². The fourth-order valence-electron chi connectivity index (χ4n) is 1.53. The minimum atomic E-state index is -0.576. The number of benzene rings is 1. The molecule has 20 heavy (non-hydrogen) atoms. The Kier molecular flexibility index (Phi) is 4.53. The van der Waals surface area contributed by atoms with E-state index >= 15 is 0 Å². The summed E-state index contributed by atoms with van der Waals surface area (Å²) < 4.78 is 15.2. The summed E-state index contributed by atoms with van der Waals surface area (Å²) in [6, 6.07) is 6.39. The predicted molar refractivity (Wildman–Crippen MR) is 71.5 cm³/mol. The van der Waals surface area contributed by atoms with Crippen LogP contribution in [0.3, 0.4) is 0 Å². The summed E-state index contributed by atoms with van der Waals surface area (Å²) >= 11 is 0. The summed E-state index contributed by atoms with van der Waals surface area (Å²) in [6.07, 6.45) is 1.06. The summed E-state index contributed by atoms with van der Waals surface area (Å²) in [6.45, 7) is 6.03. The minimum absolute atomic E-state index is 0.0150. The first-order valence-corrected chi connectivity index (χ1v) is 6.33. The molecule has 0 spiro atoms. The molecular weight excluding hydrogens is 260 g/mol. The van der Waals surface area contributed by atoms with Crippen LogP contribution in [-0.4, -0.2) is 37.4 Å². The predicted octanol–water partition coefficient (Wildman–Crippen LogP) is 1.97. The average Bonchev–Trinajstić information content (AvgIpc) is 3.28. The van der Waals surface area contributed by atoms with Crippen LogP contribution in [0.2, 0.25) is 0 Å². The van der Waals surface area contributed by atoms with Gasteiger partial charge in [-0.15, -0.1) is 0 Å². The molecule has 1 aliphatic rings. The Morgan fingerprint density at radius 3 is 2.55 bits per heavy atom. The second-order valence-electron chi connectivity index (χ2n) is 4.45. The van der Waals surface area contributed by atoms with Gasteiger partial charge < -0.3 is 14.2 Å². The lowest BCUT2D eigenvalue weighted by molar-refractivity contribution is 0.0397. The number of rotatable bonds is 6. The third-order valence-electron chi connectivity index (χ3n) is 2.79. The fourth-order valence-corrected chi connectivity index (χ4v) is 1.53. The van der Waals surface area contributed by atoms with Gasteiger partial charge in [-0.05, 0) is 19.1 Å². The molecule has 0 radical (unpaired) electrons. The maximum absolute atomic E-state index is 12.0. The number of hydrogen-bond donors (Lipinski definition) is 0. The van der Waals surface area contributed by atoms with Crippen molar-refractivity contribution >= 4 is 11.9 Å². The Morgan fingerprint density at radius 1 is 1.40 bits per heavy atom. The molecule has 0 aromatic heterocycles. The summed E-state index contributed by atoms with van der Waals surface area (Å²) in [5.41, 5.74) is 0.373. The molecule has 0 amide bonds. The zero-order chi connectivity index (χ0) is 14.5. The molecule has 1 aromatic carbocycles. The van der Waals surface area contributed by atoms with E-state index in [1.165, 1.54) is 18.2 Å². The van der Waals surface area contributed by atoms with Gasteiger partial charge in [0.2, 0.25) is 0 Å². The van der Waals surface area contributed by atoms with Gasteiger partial charge in [0.1, 0.15) is 18.8 Å². The molecule has 1 fully saturated rings. The van der Waals surface area contributed by atoms with E-state index in [0.29, 0.717) is 6.61 Å². The zero-order valence-electron chi connectivity index (χ0n) is 11.2. The van der Waals surface area contributed by atoms with Crippen LogP contribution in [-0.2, 0) is 14.2 Å². The SMILES string of the molecule is C=CC(C)OC(=O)c1ccccc1C(=O)OCC1CO1. The Hall–Kier alpha value is -2.14. The lowest BCUT2D eigenvalue weighted by Gasteiger charge is -2.11. The molecule has 2 atom stereocenters. The molecule has 1 heterocycles. The van der Waals surface area contributed by atoms with Gasteiger partial charge in [0.15, 0.2) is 0 Å². The highest BCUT2D eigenvalue weighted by atomic mass is 16.6. The maximum Gasteiger partial charge on any atom is 0.339 e. The monoisotopic (exact) mass is 276 g/mol. The minimum Gasteiger partial charge on any atom is -0.459 e. The molecule has 1 saturated heterocycles. The van der Waals surface area contributed by atoms with Crippen molar-refractivity contribution in [1.82, 2.24) is 0 Å². The van der Waals surface area contributed by atoms with Crippen LogP contribution in [0.25, 0.3) is 0 Å². The lowest BCUT2D eigenvalue weighted by atomic mass is 10.1. The molecule has 1 aromatic rings. The van der Waals surface area contributed by atoms with Crippen molar-refractivity contribution in [1.29, 1.82) is 0 Å². The molecule has 2 rings (SSSR count). The van der Waals surface area contributed by atoms with Gasteiger partial charge in [-0.2, -0.15) is 0 Å². The second-order valence-corrected chi connectivity index (χ2v) is 4.45.